The van der Waals surface area contributed by atoms with Gasteiger partial charge in [0.05, 0.1) is 12.6 Å². The Kier molecular flexibility index (Phi) is 6.50. The van der Waals surface area contributed by atoms with Crippen molar-refractivity contribution in [1.29, 1.82) is 0 Å². The Balaban J connectivity index is 0.00000243. The molecule has 0 aliphatic carbocycles. The highest BCUT2D eigenvalue weighted by atomic mass is 35.5. The van der Waals surface area contributed by atoms with Crippen molar-refractivity contribution in [3.63, 3.8) is 0 Å². The van der Waals surface area contributed by atoms with Gasteiger partial charge in [0.2, 0.25) is 0 Å². The molecule has 0 saturated carbocycles. The minimum Gasteiger partial charge on any atom is -0.459 e. The molecule has 2 saturated heterocycles. The Bertz CT molecular complexity index is 633. The van der Waals surface area contributed by atoms with Crippen molar-refractivity contribution in [2.24, 2.45) is 5.92 Å². The zero-order valence-electron chi connectivity index (χ0n) is 15.0. The van der Waals surface area contributed by atoms with Crippen LogP contribution in [0.2, 0.25) is 0 Å². The molecule has 3 rings (SSSR count). The van der Waals surface area contributed by atoms with Crippen LogP contribution in [0.1, 0.15) is 26.7 Å². The molecule has 0 spiro atoms. The van der Waals surface area contributed by atoms with Crippen LogP contribution in [-0.4, -0.2) is 71.1 Å². The molecular formula is C18H26ClNO6. The summed E-state index contributed by atoms with van der Waals surface area (Å²) in [5.41, 5.74) is -0.796. The molecule has 0 radical (unpaired) electrons. The molecule has 8 heteroatoms. The SMILES string of the molecule is C/C=C1/C[C@@H](C)[C@@](O)(CO)C(=O)OCC2=CCN3CC[C@@H](OC1=O)[C@@H]23.Cl. The van der Waals surface area contributed by atoms with Gasteiger partial charge < -0.3 is 19.7 Å². The molecule has 3 aliphatic heterocycles. The fourth-order valence-corrected chi connectivity index (χ4v) is 3.85. The highest BCUT2D eigenvalue weighted by Gasteiger charge is 2.46. The molecule has 4 atom stereocenters. The van der Waals surface area contributed by atoms with E-state index < -0.39 is 30.1 Å². The normalized spacial score (nSPS) is 37.0. The van der Waals surface area contributed by atoms with Gasteiger partial charge in [-0.05, 0) is 25.3 Å². The molecule has 3 aliphatic rings. The fourth-order valence-electron chi connectivity index (χ4n) is 3.85. The molecule has 0 aromatic carbocycles. The van der Waals surface area contributed by atoms with Crippen molar-refractivity contribution in [2.75, 3.05) is 26.3 Å². The first-order valence-electron chi connectivity index (χ1n) is 8.70. The smallest absolute Gasteiger partial charge is 0.341 e. The van der Waals surface area contributed by atoms with Crippen LogP contribution in [0, 0.1) is 5.92 Å². The van der Waals surface area contributed by atoms with E-state index in [-0.39, 0.29) is 37.6 Å². The molecule has 2 fully saturated rings. The number of aliphatic hydroxyl groups is 2. The predicted molar refractivity (Wildman–Crippen MR) is 95.7 cm³/mol. The van der Waals surface area contributed by atoms with Gasteiger partial charge in [-0.2, -0.15) is 0 Å². The van der Waals surface area contributed by atoms with Crippen LogP contribution in [0.4, 0.5) is 0 Å². The lowest BCUT2D eigenvalue weighted by Gasteiger charge is -2.32. The van der Waals surface area contributed by atoms with Gasteiger partial charge in [-0.3, -0.25) is 4.90 Å². The molecule has 0 unspecified atom stereocenters. The molecule has 0 amide bonds. The maximum atomic E-state index is 12.6. The summed E-state index contributed by atoms with van der Waals surface area (Å²) in [4.78, 5) is 27.2. The first kappa shape index (κ1) is 20.9. The van der Waals surface area contributed by atoms with Crippen LogP contribution < -0.4 is 0 Å². The van der Waals surface area contributed by atoms with E-state index in [0.29, 0.717) is 5.57 Å². The number of carbonyl (C=O) groups excluding carboxylic acids is 2. The number of nitrogens with zero attached hydrogens (tertiary/aromatic N) is 1. The van der Waals surface area contributed by atoms with E-state index in [9.17, 15) is 19.8 Å². The first-order chi connectivity index (χ1) is 11.9. The zero-order chi connectivity index (χ0) is 18.2. The van der Waals surface area contributed by atoms with Gasteiger partial charge in [-0.25, -0.2) is 9.59 Å². The van der Waals surface area contributed by atoms with Crippen LogP contribution in [-0.2, 0) is 19.1 Å². The zero-order valence-corrected chi connectivity index (χ0v) is 15.8. The van der Waals surface area contributed by atoms with Crippen LogP contribution in [0.15, 0.2) is 23.3 Å². The Morgan fingerprint density at radius 2 is 2.15 bits per heavy atom. The van der Waals surface area contributed by atoms with Gasteiger partial charge in [0.25, 0.3) is 0 Å². The average molecular weight is 388 g/mol. The van der Waals surface area contributed by atoms with Crippen LogP contribution in [0.25, 0.3) is 0 Å². The Hall–Kier alpha value is -1.41. The van der Waals surface area contributed by atoms with Crippen LogP contribution >= 0.6 is 12.4 Å². The number of rotatable bonds is 1. The number of cyclic esters (lactones) is 1. The molecular weight excluding hydrogens is 362 g/mol. The lowest BCUT2D eigenvalue weighted by Crippen LogP contribution is -2.50. The summed E-state index contributed by atoms with van der Waals surface area (Å²) in [5.74, 6) is -1.99. The van der Waals surface area contributed by atoms with Crippen molar-refractivity contribution in [1.82, 2.24) is 4.90 Å². The molecule has 7 nitrogen and oxygen atoms in total. The van der Waals surface area contributed by atoms with E-state index in [0.717, 1.165) is 25.1 Å². The largest absolute Gasteiger partial charge is 0.459 e. The number of ether oxygens (including phenoxy) is 2. The number of aliphatic hydroxyl groups excluding tert-OH is 1. The van der Waals surface area contributed by atoms with E-state index in [4.69, 9.17) is 9.47 Å². The highest BCUT2D eigenvalue weighted by molar-refractivity contribution is 5.89. The second-order valence-electron chi connectivity index (χ2n) is 7.03. The summed E-state index contributed by atoms with van der Waals surface area (Å²) in [6, 6.07) is -0.0890. The van der Waals surface area contributed by atoms with Crippen molar-refractivity contribution >= 4 is 24.3 Å². The molecule has 2 N–H and O–H groups in total. The van der Waals surface area contributed by atoms with Gasteiger partial charge in [-0.1, -0.05) is 19.1 Å². The fraction of sp³-hybridized carbons (Fsp3) is 0.667. The number of hydrogen-bond donors (Lipinski definition) is 2. The van der Waals surface area contributed by atoms with Crippen LogP contribution in [0.5, 0.6) is 0 Å². The highest BCUT2D eigenvalue weighted by Crippen LogP contribution is 2.34. The second-order valence-corrected chi connectivity index (χ2v) is 7.03. The summed E-state index contributed by atoms with van der Waals surface area (Å²) in [6.07, 6.45) is 4.20. The molecule has 3 heterocycles. The molecule has 0 bridgehead atoms. The third-order valence-corrected chi connectivity index (χ3v) is 5.59. The topological polar surface area (TPSA) is 96.3 Å². The first-order valence-corrected chi connectivity index (χ1v) is 8.70. The van der Waals surface area contributed by atoms with E-state index in [1.807, 2.05) is 6.08 Å². The summed E-state index contributed by atoms with van der Waals surface area (Å²) in [6.45, 7) is 4.12. The van der Waals surface area contributed by atoms with E-state index in [1.54, 1.807) is 19.9 Å². The molecule has 26 heavy (non-hydrogen) atoms. The third kappa shape index (κ3) is 3.53. The molecule has 0 aromatic rings. The van der Waals surface area contributed by atoms with Crippen molar-refractivity contribution in [3.05, 3.63) is 23.3 Å². The molecule has 0 aromatic heterocycles. The van der Waals surface area contributed by atoms with E-state index in [2.05, 4.69) is 4.90 Å². The van der Waals surface area contributed by atoms with Gasteiger partial charge in [0.1, 0.15) is 12.7 Å². The number of esters is 2. The summed E-state index contributed by atoms with van der Waals surface area (Å²) >= 11 is 0. The van der Waals surface area contributed by atoms with Gasteiger partial charge >= 0.3 is 11.9 Å². The Morgan fingerprint density at radius 3 is 2.81 bits per heavy atom. The summed E-state index contributed by atoms with van der Waals surface area (Å²) in [5, 5.41) is 20.2. The monoisotopic (exact) mass is 387 g/mol. The predicted octanol–water partition coefficient (Wildman–Crippen LogP) is 0.587. The average Bonchev–Trinajstić information content (AvgIpc) is 3.18. The van der Waals surface area contributed by atoms with Crippen molar-refractivity contribution < 1.29 is 29.3 Å². The van der Waals surface area contributed by atoms with E-state index >= 15 is 0 Å². The minimum atomic E-state index is -2.05. The Morgan fingerprint density at radius 1 is 1.42 bits per heavy atom. The van der Waals surface area contributed by atoms with Gasteiger partial charge in [-0.15, -0.1) is 12.4 Å². The number of allylic oxidation sites excluding steroid dienone is 1. The molecule has 146 valence electrons. The van der Waals surface area contributed by atoms with Gasteiger partial charge in [0, 0.05) is 24.6 Å². The quantitative estimate of drug-likeness (QED) is 0.386. The third-order valence-electron chi connectivity index (χ3n) is 5.59. The standard InChI is InChI=1S/C18H25NO6.ClH/c1-3-12-8-11(2)18(23,10-20)17(22)24-9-13-4-6-19-7-5-14(15(13)19)25-16(12)21;/h3-4,11,14-15,20,23H,5-10H2,1-2H3;1H/b12-3-;/t11-,14-,15-,18+;/m1./s1. The van der Waals surface area contributed by atoms with Crippen molar-refractivity contribution in [3.8, 4) is 0 Å². The maximum absolute atomic E-state index is 12.6. The number of halogens is 1. The number of hydrogen-bond acceptors (Lipinski definition) is 7. The second kappa shape index (κ2) is 8.08. The number of carbonyl (C=O) groups is 2. The minimum absolute atomic E-state index is 0. The Labute approximate surface area is 159 Å². The maximum Gasteiger partial charge on any atom is 0.341 e. The lowest BCUT2D eigenvalue weighted by molar-refractivity contribution is -0.176. The van der Waals surface area contributed by atoms with E-state index in [1.165, 1.54) is 0 Å². The summed E-state index contributed by atoms with van der Waals surface area (Å²) in [7, 11) is 0. The summed E-state index contributed by atoms with van der Waals surface area (Å²) < 4.78 is 11.1. The lowest BCUT2D eigenvalue weighted by atomic mass is 9.84. The van der Waals surface area contributed by atoms with Crippen LogP contribution in [0.3, 0.4) is 0 Å². The van der Waals surface area contributed by atoms with Gasteiger partial charge in [0.15, 0.2) is 5.60 Å². The van der Waals surface area contributed by atoms with Crippen molar-refractivity contribution in [2.45, 2.75) is 44.4 Å².